The van der Waals surface area contributed by atoms with Gasteiger partial charge in [-0.15, -0.1) is 11.3 Å². The number of halogens is 4. The Morgan fingerprint density at radius 2 is 1.79 bits per heavy atom. The second-order valence-corrected chi connectivity index (χ2v) is 6.56. The SMILES string of the molecule is Cc1cc(C)c(C(Br)c2ccccc2C(F)(F)F)s1. The molecule has 0 aliphatic carbocycles. The van der Waals surface area contributed by atoms with Gasteiger partial charge >= 0.3 is 6.18 Å². The maximum Gasteiger partial charge on any atom is 0.416 e. The van der Waals surface area contributed by atoms with Crippen LogP contribution in [0.15, 0.2) is 30.3 Å². The molecule has 0 aliphatic rings. The minimum atomic E-state index is -4.33. The Kier molecular flexibility index (Phi) is 4.06. The predicted octanol–water partition coefficient (Wildman–Crippen LogP) is 5.87. The number of hydrogen-bond acceptors (Lipinski definition) is 1. The molecule has 1 aromatic heterocycles. The van der Waals surface area contributed by atoms with Gasteiger partial charge in [0.1, 0.15) is 0 Å². The lowest BCUT2D eigenvalue weighted by atomic mass is 10.0. The highest BCUT2D eigenvalue weighted by Crippen LogP contribution is 2.43. The molecule has 5 heteroatoms. The molecule has 0 aliphatic heterocycles. The summed E-state index contributed by atoms with van der Waals surface area (Å²) in [6.45, 7) is 3.87. The van der Waals surface area contributed by atoms with E-state index in [0.29, 0.717) is 0 Å². The lowest BCUT2D eigenvalue weighted by molar-refractivity contribution is -0.138. The molecule has 0 bridgehead atoms. The molecule has 1 heterocycles. The maximum absolute atomic E-state index is 13.0. The van der Waals surface area contributed by atoms with Crippen LogP contribution in [0, 0.1) is 13.8 Å². The van der Waals surface area contributed by atoms with Crippen LogP contribution < -0.4 is 0 Å². The third-order valence-electron chi connectivity index (χ3n) is 2.85. The van der Waals surface area contributed by atoms with Crippen molar-refractivity contribution in [1.29, 1.82) is 0 Å². The Hall–Kier alpha value is -0.810. The average molecular weight is 349 g/mol. The third-order valence-corrected chi connectivity index (χ3v) is 5.32. The van der Waals surface area contributed by atoms with Crippen molar-refractivity contribution in [3.8, 4) is 0 Å². The fourth-order valence-electron chi connectivity index (χ4n) is 2.03. The van der Waals surface area contributed by atoms with Crippen molar-refractivity contribution in [2.75, 3.05) is 0 Å². The molecule has 0 N–H and O–H groups in total. The molecule has 0 nitrogen and oxygen atoms in total. The van der Waals surface area contributed by atoms with Crippen LogP contribution in [-0.2, 0) is 6.18 Å². The van der Waals surface area contributed by atoms with E-state index >= 15 is 0 Å². The second-order valence-electron chi connectivity index (χ2n) is 4.35. The molecule has 2 aromatic rings. The molecule has 19 heavy (non-hydrogen) atoms. The smallest absolute Gasteiger partial charge is 0.166 e. The van der Waals surface area contributed by atoms with Gasteiger partial charge in [0.25, 0.3) is 0 Å². The van der Waals surface area contributed by atoms with Gasteiger partial charge in [-0.3, -0.25) is 0 Å². The monoisotopic (exact) mass is 348 g/mol. The number of rotatable bonds is 2. The molecule has 2 rings (SSSR count). The van der Waals surface area contributed by atoms with E-state index in [1.165, 1.54) is 23.5 Å². The molecule has 102 valence electrons. The molecule has 1 atom stereocenters. The van der Waals surface area contributed by atoms with E-state index in [4.69, 9.17) is 0 Å². The summed E-state index contributed by atoms with van der Waals surface area (Å²) >= 11 is 4.93. The summed E-state index contributed by atoms with van der Waals surface area (Å²) in [7, 11) is 0. The standard InChI is InChI=1S/C14H12BrF3S/c1-8-7-9(2)19-13(8)12(15)10-5-3-4-6-11(10)14(16,17)18/h3-7,12H,1-2H3. The molecule has 0 amide bonds. The van der Waals surface area contributed by atoms with Gasteiger partial charge in [0.05, 0.1) is 10.4 Å². The first kappa shape index (κ1) is 14.6. The first-order chi connectivity index (χ1) is 8.80. The van der Waals surface area contributed by atoms with Gasteiger partial charge in [0, 0.05) is 9.75 Å². The summed E-state index contributed by atoms with van der Waals surface area (Å²) < 4.78 is 39.0. The maximum atomic E-state index is 13.0. The second kappa shape index (κ2) is 5.29. The topological polar surface area (TPSA) is 0 Å². The summed E-state index contributed by atoms with van der Waals surface area (Å²) in [5, 5.41) is 0. The summed E-state index contributed by atoms with van der Waals surface area (Å²) in [4.78, 5) is 1.60. The Morgan fingerprint density at radius 3 is 2.32 bits per heavy atom. The van der Waals surface area contributed by atoms with Gasteiger partial charge in [-0.25, -0.2) is 0 Å². The first-order valence-corrected chi connectivity index (χ1v) is 7.41. The fourth-order valence-corrected chi connectivity index (χ4v) is 4.10. The van der Waals surface area contributed by atoms with Gasteiger partial charge in [0.15, 0.2) is 0 Å². The lowest BCUT2D eigenvalue weighted by Crippen LogP contribution is -2.10. The minimum Gasteiger partial charge on any atom is -0.166 e. The van der Waals surface area contributed by atoms with Crippen molar-refractivity contribution in [1.82, 2.24) is 0 Å². The molecule has 0 spiro atoms. The number of hydrogen-bond donors (Lipinski definition) is 0. The molecule has 0 saturated carbocycles. The molecule has 0 radical (unpaired) electrons. The van der Waals surface area contributed by atoms with E-state index < -0.39 is 16.6 Å². The summed E-state index contributed by atoms with van der Waals surface area (Å²) in [6, 6.07) is 7.69. The number of thiophene rings is 1. The van der Waals surface area contributed by atoms with E-state index in [1.54, 1.807) is 6.07 Å². The van der Waals surface area contributed by atoms with Crippen molar-refractivity contribution in [3.63, 3.8) is 0 Å². The van der Waals surface area contributed by atoms with Crippen molar-refractivity contribution >= 4 is 27.3 Å². The van der Waals surface area contributed by atoms with Crippen LogP contribution in [0.3, 0.4) is 0 Å². The number of benzene rings is 1. The van der Waals surface area contributed by atoms with Gasteiger partial charge in [0.2, 0.25) is 0 Å². The molecule has 1 aromatic carbocycles. The van der Waals surface area contributed by atoms with Crippen LogP contribution in [0.2, 0.25) is 0 Å². The van der Waals surface area contributed by atoms with Crippen molar-refractivity contribution in [2.24, 2.45) is 0 Å². The normalized spacial score (nSPS) is 13.6. The van der Waals surface area contributed by atoms with Gasteiger partial charge < -0.3 is 0 Å². The van der Waals surface area contributed by atoms with E-state index in [0.717, 1.165) is 21.4 Å². The largest absolute Gasteiger partial charge is 0.416 e. The van der Waals surface area contributed by atoms with Crippen molar-refractivity contribution < 1.29 is 13.2 Å². The zero-order valence-electron chi connectivity index (χ0n) is 10.4. The fraction of sp³-hybridized carbons (Fsp3) is 0.286. The van der Waals surface area contributed by atoms with Crippen LogP contribution in [-0.4, -0.2) is 0 Å². The zero-order chi connectivity index (χ0) is 14.2. The highest BCUT2D eigenvalue weighted by atomic mass is 79.9. The van der Waals surface area contributed by atoms with Crippen molar-refractivity contribution in [3.05, 3.63) is 56.8 Å². The summed E-state index contributed by atoms with van der Waals surface area (Å²) in [5.74, 6) is 0. The Bertz CT molecular complexity index is 587. The summed E-state index contributed by atoms with van der Waals surface area (Å²) in [5.41, 5.74) is 0.698. The van der Waals surface area contributed by atoms with Crippen LogP contribution in [0.4, 0.5) is 13.2 Å². The Morgan fingerprint density at radius 1 is 1.16 bits per heavy atom. The van der Waals surface area contributed by atoms with Gasteiger partial charge in [-0.1, -0.05) is 34.1 Å². The zero-order valence-corrected chi connectivity index (χ0v) is 12.8. The summed E-state index contributed by atoms with van der Waals surface area (Å²) in [6.07, 6.45) is -4.33. The average Bonchev–Trinajstić information content (AvgIpc) is 2.66. The van der Waals surface area contributed by atoms with E-state index in [1.807, 2.05) is 19.9 Å². The van der Waals surface area contributed by atoms with Gasteiger partial charge in [-0.2, -0.15) is 13.2 Å². The van der Waals surface area contributed by atoms with Gasteiger partial charge in [-0.05, 0) is 37.1 Å². The number of aryl methyl sites for hydroxylation is 2. The van der Waals surface area contributed by atoms with E-state index in [2.05, 4.69) is 15.9 Å². The van der Waals surface area contributed by atoms with Crippen molar-refractivity contribution in [2.45, 2.75) is 24.9 Å². The highest BCUT2D eigenvalue weighted by Gasteiger charge is 2.35. The van der Waals surface area contributed by atoms with E-state index in [-0.39, 0.29) is 5.56 Å². The molecule has 0 fully saturated rings. The predicted molar refractivity (Wildman–Crippen MR) is 76.0 cm³/mol. The lowest BCUT2D eigenvalue weighted by Gasteiger charge is -2.17. The van der Waals surface area contributed by atoms with Crippen LogP contribution >= 0.6 is 27.3 Å². The van der Waals surface area contributed by atoms with Crippen LogP contribution in [0.5, 0.6) is 0 Å². The minimum absolute atomic E-state index is 0.264. The molecule has 1 unspecified atom stereocenters. The van der Waals surface area contributed by atoms with E-state index in [9.17, 15) is 13.2 Å². The van der Waals surface area contributed by atoms with Crippen LogP contribution in [0.25, 0.3) is 0 Å². The highest BCUT2D eigenvalue weighted by molar-refractivity contribution is 9.09. The number of alkyl halides is 4. The van der Waals surface area contributed by atoms with Crippen LogP contribution in [0.1, 0.15) is 31.3 Å². The molecular formula is C14H12BrF3S. The Balaban J connectivity index is 2.50. The Labute approximate surface area is 122 Å². The molecular weight excluding hydrogens is 337 g/mol. The quantitative estimate of drug-likeness (QED) is 0.595. The molecule has 0 saturated heterocycles. The third kappa shape index (κ3) is 3.03. The first-order valence-electron chi connectivity index (χ1n) is 5.68.